The van der Waals surface area contributed by atoms with Crippen LogP contribution in [0, 0.1) is 25.2 Å². The number of nitrogens with zero attached hydrogens (tertiary/aromatic N) is 3. The molecular formula is C21H25N3O. The van der Waals surface area contributed by atoms with E-state index in [0.717, 1.165) is 22.5 Å². The van der Waals surface area contributed by atoms with Crippen molar-refractivity contribution >= 4 is 5.91 Å². The number of amides is 1. The Morgan fingerprint density at radius 1 is 1.32 bits per heavy atom. The van der Waals surface area contributed by atoms with Crippen LogP contribution >= 0.6 is 0 Å². The molecule has 0 fully saturated rings. The zero-order valence-corrected chi connectivity index (χ0v) is 15.4. The maximum Gasteiger partial charge on any atom is 0.256 e. The molecule has 0 unspecified atom stereocenters. The molecule has 1 aromatic carbocycles. The minimum atomic E-state index is 0.00394. The van der Waals surface area contributed by atoms with Crippen molar-refractivity contribution < 1.29 is 4.79 Å². The average molecular weight is 335 g/mol. The molecule has 0 atom stereocenters. The highest BCUT2D eigenvalue weighted by Gasteiger charge is 2.21. The Morgan fingerprint density at radius 3 is 2.44 bits per heavy atom. The first kappa shape index (κ1) is 18.5. The number of aromatic nitrogens is 1. The van der Waals surface area contributed by atoms with Gasteiger partial charge >= 0.3 is 0 Å². The molecule has 0 aliphatic rings. The van der Waals surface area contributed by atoms with Crippen LogP contribution in [-0.4, -0.2) is 21.9 Å². The van der Waals surface area contributed by atoms with Crippen LogP contribution in [0.1, 0.15) is 52.8 Å². The molecule has 0 N–H and O–H groups in total. The van der Waals surface area contributed by atoms with Gasteiger partial charge < -0.3 is 9.47 Å². The second-order valence-electron chi connectivity index (χ2n) is 6.53. The number of carbonyl (C=O) groups excluding carboxylic acids is 1. The van der Waals surface area contributed by atoms with Gasteiger partial charge in [-0.1, -0.05) is 18.2 Å². The average Bonchev–Trinajstić information content (AvgIpc) is 2.89. The van der Waals surface area contributed by atoms with Crippen LogP contribution in [0.4, 0.5) is 0 Å². The minimum Gasteiger partial charge on any atom is -0.346 e. The predicted octanol–water partition coefficient (Wildman–Crippen LogP) is 4.39. The van der Waals surface area contributed by atoms with Gasteiger partial charge in [0, 0.05) is 30.5 Å². The van der Waals surface area contributed by atoms with Crippen LogP contribution in [0.25, 0.3) is 0 Å². The zero-order chi connectivity index (χ0) is 18.6. The molecule has 1 aromatic heterocycles. The number of rotatable bonds is 6. The third-order valence-electron chi connectivity index (χ3n) is 4.32. The van der Waals surface area contributed by atoms with Gasteiger partial charge in [-0.25, -0.2) is 0 Å². The number of carbonyl (C=O) groups is 1. The van der Waals surface area contributed by atoms with Crippen molar-refractivity contribution in [3.8, 4) is 6.07 Å². The smallest absolute Gasteiger partial charge is 0.256 e. The highest BCUT2D eigenvalue weighted by atomic mass is 16.2. The van der Waals surface area contributed by atoms with E-state index in [9.17, 15) is 4.79 Å². The number of hydrogen-bond acceptors (Lipinski definition) is 2. The lowest BCUT2D eigenvalue weighted by atomic mass is 10.1. The lowest BCUT2D eigenvalue weighted by Crippen LogP contribution is -2.31. The molecule has 0 aliphatic heterocycles. The van der Waals surface area contributed by atoms with Crippen LogP contribution < -0.4 is 0 Å². The Balaban J connectivity index is 2.30. The lowest BCUT2D eigenvalue weighted by molar-refractivity contribution is 0.0762. The number of benzene rings is 1. The van der Waals surface area contributed by atoms with Crippen molar-refractivity contribution in [2.75, 3.05) is 6.54 Å². The Bertz CT molecular complexity index is 807. The molecule has 0 bridgehead atoms. The number of aryl methyl sites for hydroxylation is 1. The molecule has 25 heavy (non-hydrogen) atoms. The van der Waals surface area contributed by atoms with Crippen molar-refractivity contribution in [1.82, 2.24) is 9.47 Å². The summed E-state index contributed by atoms with van der Waals surface area (Å²) in [5.41, 5.74) is 4.43. The normalized spacial score (nSPS) is 10.6. The van der Waals surface area contributed by atoms with E-state index in [4.69, 9.17) is 5.26 Å². The Kier molecular flexibility index (Phi) is 5.82. The highest BCUT2D eigenvalue weighted by Crippen LogP contribution is 2.22. The Morgan fingerprint density at radius 2 is 1.96 bits per heavy atom. The SMILES string of the molecule is C=CCN(Cc1ccc(C#N)cc1)C(=O)c1cc(C)n(C(C)C)c1C. The first-order valence-corrected chi connectivity index (χ1v) is 8.46. The Hall–Kier alpha value is -2.80. The van der Waals surface area contributed by atoms with E-state index in [1.165, 1.54) is 0 Å². The van der Waals surface area contributed by atoms with Crippen LogP contribution in [0.5, 0.6) is 0 Å². The van der Waals surface area contributed by atoms with E-state index in [1.54, 1.807) is 23.1 Å². The Labute approximate surface area is 150 Å². The van der Waals surface area contributed by atoms with E-state index < -0.39 is 0 Å². The van der Waals surface area contributed by atoms with E-state index >= 15 is 0 Å². The van der Waals surface area contributed by atoms with E-state index in [2.05, 4.69) is 31.1 Å². The summed E-state index contributed by atoms with van der Waals surface area (Å²) in [5, 5.41) is 8.90. The van der Waals surface area contributed by atoms with E-state index in [0.29, 0.717) is 24.7 Å². The second kappa shape index (κ2) is 7.85. The molecule has 1 amide bonds. The fourth-order valence-corrected chi connectivity index (χ4v) is 3.24. The summed E-state index contributed by atoms with van der Waals surface area (Å²) in [6.45, 7) is 13.0. The van der Waals surface area contributed by atoms with Gasteiger partial charge in [0.2, 0.25) is 0 Å². The van der Waals surface area contributed by atoms with E-state index in [-0.39, 0.29) is 5.91 Å². The highest BCUT2D eigenvalue weighted by molar-refractivity contribution is 5.95. The first-order chi connectivity index (χ1) is 11.9. The third-order valence-corrected chi connectivity index (χ3v) is 4.32. The molecule has 4 nitrogen and oxygen atoms in total. The van der Waals surface area contributed by atoms with Gasteiger partial charge in [-0.2, -0.15) is 5.26 Å². The molecule has 0 saturated heterocycles. The van der Waals surface area contributed by atoms with Gasteiger partial charge in [0.15, 0.2) is 0 Å². The maximum absolute atomic E-state index is 13.1. The van der Waals surface area contributed by atoms with Crippen LogP contribution in [0.3, 0.4) is 0 Å². The van der Waals surface area contributed by atoms with Crippen LogP contribution in [0.2, 0.25) is 0 Å². The minimum absolute atomic E-state index is 0.00394. The fraction of sp³-hybridized carbons (Fsp3) is 0.333. The molecule has 1 heterocycles. The molecular weight excluding hydrogens is 310 g/mol. The van der Waals surface area contributed by atoms with Crippen molar-refractivity contribution in [2.24, 2.45) is 0 Å². The van der Waals surface area contributed by atoms with Crippen molar-refractivity contribution in [2.45, 2.75) is 40.3 Å². The lowest BCUT2D eigenvalue weighted by Gasteiger charge is -2.22. The second-order valence-corrected chi connectivity index (χ2v) is 6.53. The molecule has 4 heteroatoms. The molecule has 0 radical (unpaired) electrons. The molecule has 0 aliphatic carbocycles. The topological polar surface area (TPSA) is 49.0 Å². The van der Waals surface area contributed by atoms with Gasteiger partial charge in [-0.15, -0.1) is 6.58 Å². The molecule has 0 saturated carbocycles. The summed E-state index contributed by atoms with van der Waals surface area (Å²) in [6, 6.07) is 11.7. The summed E-state index contributed by atoms with van der Waals surface area (Å²) in [5.74, 6) is 0.00394. The van der Waals surface area contributed by atoms with Gasteiger partial charge in [0.05, 0.1) is 17.2 Å². The summed E-state index contributed by atoms with van der Waals surface area (Å²) in [6.07, 6.45) is 1.74. The monoisotopic (exact) mass is 335 g/mol. The largest absolute Gasteiger partial charge is 0.346 e. The fourth-order valence-electron chi connectivity index (χ4n) is 3.24. The third kappa shape index (κ3) is 4.00. The number of nitriles is 1. The van der Waals surface area contributed by atoms with Crippen LogP contribution in [0.15, 0.2) is 43.0 Å². The quantitative estimate of drug-likeness (QED) is 0.735. The maximum atomic E-state index is 13.1. The summed E-state index contributed by atoms with van der Waals surface area (Å²) in [7, 11) is 0. The van der Waals surface area contributed by atoms with Crippen molar-refractivity contribution in [1.29, 1.82) is 5.26 Å². The summed E-state index contributed by atoms with van der Waals surface area (Å²) in [4.78, 5) is 14.9. The standard InChI is InChI=1S/C21H25N3O/c1-6-11-23(14-19-9-7-18(13-22)8-10-19)21(25)20-12-16(4)24(15(2)3)17(20)5/h6-10,12,15H,1,11,14H2,2-5H3. The molecule has 0 spiro atoms. The molecule has 130 valence electrons. The first-order valence-electron chi connectivity index (χ1n) is 8.46. The summed E-state index contributed by atoms with van der Waals surface area (Å²) < 4.78 is 2.18. The number of hydrogen-bond donors (Lipinski definition) is 0. The predicted molar refractivity (Wildman–Crippen MR) is 100 cm³/mol. The van der Waals surface area contributed by atoms with Crippen molar-refractivity contribution in [3.63, 3.8) is 0 Å². The molecule has 2 aromatic rings. The van der Waals surface area contributed by atoms with Gasteiger partial charge in [0.1, 0.15) is 0 Å². The van der Waals surface area contributed by atoms with Gasteiger partial charge in [-0.3, -0.25) is 4.79 Å². The van der Waals surface area contributed by atoms with Crippen molar-refractivity contribution in [3.05, 3.63) is 71.1 Å². The molecule has 2 rings (SSSR count). The summed E-state index contributed by atoms with van der Waals surface area (Å²) >= 11 is 0. The van der Waals surface area contributed by atoms with Crippen LogP contribution in [-0.2, 0) is 6.54 Å². The van der Waals surface area contributed by atoms with Gasteiger partial charge in [0.25, 0.3) is 5.91 Å². The van der Waals surface area contributed by atoms with E-state index in [1.807, 2.05) is 32.0 Å². The van der Waals surface area contributed by atoms with Gasteiger partial charge in [-0.05, 0) is 51.5 Å². The zero-order valence-electron chi connectivity index (χ0n) is 15.4.